The van der Waals surface area contributed by atoms with Crippen molar-refractivity contribution >= 4 is 23.6 Å². The van der Waals surface area contributed by atoms with Crippen LogP contribution in [0, 0.1) is 0 Å². The maximum atomic E-state index is 12.1. The average Bonchev–Trinajstić information content (AvgIpc) is 2.71. The van der Waals surface area contributed by atoms with E-state index in [2.05, 4.69) is 6.92 Å². The Hall–Kier alpha value is -1.29. The molecule has 3 nitrogen and oxygen atoms in total. The van der Waals surface area contributed by atoms with Gasteiger partial charge in [0.2, 0.25) is 0 Å². The highest BCUT2D eigenvalue weighted by Gasteiger charge is 2.34. The summed E-state index contributed by atoms with van der Waals surface area (Å²) in [6, 6.07) is 7.07. The van der Waals surface area contributed by atoms with E-state index in [1.54, 1.807) is 24.3 Å². The number of hydrogen-bond acceptors (Lipinski definition) is 3. The van der Waals surface area contributed by atoms with Crippen LogP contribution in [0.1, 0.15) is 53.3 Å². The van der Waals surface area contributed by atoms with E-state index in [1.165, 1.54) is 22.8 Å². The van der Waals surface area contributed by atoms with Gasteiger partial charge in [0, 0.05) is 6.54 Å². The van der Waals surface area contributed by atoms with Gasteiger partial charge in [0.25, 0.3) is 11.8 Å². The molecule has 1 heterocycles. The van der Waals surface area contributed by atoms with Crippen LogP contribution < -0.4 is 0 Å². The molecule has 1 aliphatic rings. The maximum Gasteiger partial charge on any atom is 0.261 e. The van der Waals surface area contributed by atoms with Crippen molar-refractivity contribution in [3.05, 3.63) is 35.4 Å². The van der Waals surface area contributed by atoms with Gasteiger partial charge in [-0.25, -0.2) is 0 Å². The monoisotopic (exact) mass is 291 g/mol. The summed E-state index contributed by atoms with van der Waals surface area (Å²) in [7, 11) is 0. The van der Waals surface area contributed by atoms with Crippen LogP contribution in [-0.4, -0.2) is 34.8 Å². The first kappa shape index (κ1) is 15.1. The highest BCUT2D eigenvalue weighted by Crippen LogP contribution is 2.22. The summed E-state index contributed by atoms with van der Waals surface area (Å²) in [4.78, 5) is 25.6. The molecule has 0 aromatic heterocycles. The van der Waals surface area contributed by atoms with Gasteiger partial charge in [-0.15, -0.1) is 0 Å². The Labute approximate surface area is 124 Å². The third-order valence-corrected chi connectivity index (χ3v) is 4.67. The smallest absolute Gasteiger partial charge is 0.261 e. The fourth-order valence-corrected chi connectivity index (χ4v) is 3.24. The van der Waals surface area contributed by atoms with Gasteiger partial charge >= 0.3 is 0 Å². The van der Waals surface area contributed by atoms with E-state index in [-0.39, 0.29) is 11.8 Å². The average molecular weight is 291 g/mol. The van der Waals surface area contributed by atoms with E-state index in [0.717, 1.165) is 19.3 Å². The molecule has 2 amide bonds. The van der Waals surface area contributed by atoms with Crippen molar-refractivity contribution in [3.63, 3.8) is 0 Å². The Bertz CT molecular complexity index is 452. The normalized spacial score (nSPS) is 13.9. The topological polar surface area (TPSA) is 37.4 Å². The van der Waals surface area contributed by atoms with Gasteiger partial charge < -0.3 is 0 Å². The summed E-state index contributed by atoms with van der Waals surface area (Å²) in [5, 5.41) is 0. The fraction of sp³-hybridized carbons (Fsp3) is 0.500. The summed E-state index contributed by atoms with van der Waals surface area (Å²) < 4.78 is 0. The summed E-state index contributed by atoms with van der Waals surface area (Å²) in [6.07, 6.45) is 4.36. The van der Waals surface area contributed by atoms with Crippen molar-refractivity contribution in [2.24, 2.45) is 0 Å². The molecule has 0 spiro atoms. The first-order valence-electron chi connectivity index (χ1n) is 7.28. The predicted octanol–water partition coefficient (Wildman–Crippen LogP) is 3.60. The van der Waals surface area contributed by atoms with Crippen LogP contribution in [0.25, 0.3) is 0 Å². The molecule has 0 radical (unpaired) electrons. The van der Waals surface area contributed by atoms with Gasteiger partial charge in [0.15, 0.2) is 0 Å². The number of fused-ring (bicyclic) bond motifs is 1. The molecule has 20 heavy (non-hydrogen) atoms. The molecule has 0 atom stereocenters. The molecule has 0 N–H and O–H groups in total. The van der Waals surface area contributed by atoms with Crippen LogP contribution >= 0.6 is 11.8 Å². The first-order valence-corrected chi connectivity index (χ1v) is 8.44. The van der Waals surface area contributed by atoms with Crippen LogP contribution in [0.2, 0.25) is 0 Å². The molecule has 1 aliphatic heterocycles. The standard InChI is InChI=1S/C16H21NO2S/c1-2-11-20-12-7-3-6-10-17-15(18)13-8-4-5-9-14(13)16(17)19/h4-5,8-9H,2-3,6-7,10-12H2,1H3. The third kappa shape index (κ3) is 3.42. The van der Waals surface area contributed by atoms with Gasteiger partial charge in [-0.2, -0.15) is 11.8 Å². The van der Waals surface area contributed by atoms with Crippen LogP contribution in [0.5, 0.6) is 0 Å². The lowest BCUT2D eigenvalue weighted by Gasteiger charge is -2.13. The van der Waals surface area contributed by atoms with Crippen molar-refractivity contribution in [2.75, 3.05) is 18.1 Å². The van der Waals surface area contributed by atoms with E-state index < -0.39 is 0 Å². The number of amides is 2. The molecule has 4 heteroatoms. The summed E-state index contributed by atoms with van der Waals surface area (Å²) >= 11 is 1.98. The quantitative estimate of drug-likeness (QED) is 0.542. The molecule has 108 valence electrons. The van der Waals surface area contributed by atoms with Crippen molar-refractivity contribution in [3.8, 4) is 0 Å². The minimum Gasteiger partial charge on any atom is -0.274 e. The molecule has 0 saturated carbocycles. The van der Waals surface area contributed by atoms with Crippen molar-refractivity contribution < 1.29 is 9.59 Å². The van der Waals surface area contributed by atoms with Gasteiger partial charge in [0.05, 0.1) is 11.1 Å². The largest absolute Gasteiger partial charge is 0.274 e. The Morgan fingerprint density at radius 2 is 1.60 bits per heavy atom. The maximum absolute atomic E-state index is 12.1. The number of hydrogen-bond donors (Lipinski definition) is 0. The second kappa shape index (κ2) is 7.48. The number of thioether (sulfide) groups is 1. The second-order valence-electron chi connectivity index (χ2n) is 4.98. The predicted molar refractivity (Wildman–Crippen MR) is 83.3 cm³/mol. The molecule has 1 aromatic carbocycles. The number of imide groups is 1. The van der Waals surface area contributed by atoms with E-state index in [0.29, 0.717) is 17.7 Å². The molecule has 0 bridgehead atoms. The zero-order valence-electron chi connectivity index (χ0n) is 11.9. The molecule has 1 aromatic rings. The van der Waals surface area contributed by atoms with Gasteiger partial charge in [-0.3, -0.25) is 14.5 Å². The summed E-state index contributed by atoms with van der Waals surface area (Å²) in [5.41, 5.74) is 1.10. The van der Waals surface area contributed by atoms with E-state index >= 15 is 0 Å². The first-order chi connectivity index (χ1) is 9.75. The van der Waals surface area contributed by atoms with Crippen LogP contribution in [-0.2, 0) is 0 Å². The Balaban J connectivity index is 1.75. The number of carbonyl (C=O) groups excluding carboxylic acids is 2. The number of rotatable bonds is 8. The molecule has 0 unspecified atom stereocenters. The molecule has 0 aliphatic carbocycles. The van der Waals surface area contributed by atoms with Gasteiger partial charge in [0.1, 0.15) is 0 Å². The number of unbranched alkanes of at least 4 members (excludes halogenated alkanes) is 2. The van der Waals surface area contributed by atoms with Gasteiger partial charge in [-0.05, 0) is 42.9 Å². The van der Waals surface area contributed by atoms with Crippen LogP contribution in [0.4, 0.5) is 0 Å². The minimum atomic E-state index is -0.133. The lowest BCUT2D eigenvalue weighted by Crippen LogP contribution is -2.30. The van der Waals surface area contributed by atoms with Crippen molar-refractivity contribution in [2.45, 2.75) is 32.6 Å². The zero-order chi connectivity index (χ0) is 14.4. The molecular weight excluding hydrogens is 270 g/mol. The van der Waals surface area contributed by atoms with E-state index in [1.807, 2.05) is 11.8 Å². The Morgan fingerprint density at radius 1 is 0.950 bits per heavy atom. The zero-order valence-corrected chi connectivity index (χ0v) is 12.7. The number of nitrogens with zero attached hydrogens (tertiary/aromatic N) is 1. The Kier molecular flexibility index (Phi) is 5.65. The van der Waals surface area contributed by atoms with E-state index in [9.17, 15) is 9.59 Å². The summed E-state index contributed by atoms with van der Waals surface area (Å²) in [5.74, 6) is 2.13. The highest BCUT2D eigenvalue weighted by molar-refractivity contribution is 7.99. The lowest BCUT2D eigenvalue weighted by molar-refractivity contribution is 0.0651. The molecule has 0 saturated heterocycles. The fourth-order valence-electron chi connectivity index (χ4n) is 2.34. The van der Waals surface area contributed by atoms with Crippen molar-refractivity contribution in [1.29, 1.82) is 0 Å². The SMILES string of the molecule is CCCSCCCCCN1C(=O)c2ccccc2C1=O. The van der Waals surface area contributed by atoms with E-state index in [4.69, 9.17) is 0 Å². The van der Waals surface area contributed by atoms with Crippen LogP contribution in [0.3, 0.4) is 0 Å². The van der Waals surface area contributed by atoms with Gasteiger partial charge in [-0.1, -0.05) is 25.5 Å². The van der Waals surface area contributed by atoms with Crippen molar-refractivity contribution in [1.82, 2.24) is 4.90 Å². The number of benzene rings is 1. The Morgan fingerprint density at radius 3 is 2.20 bits per heavy atom. The van der Waals surface area contributed by atoms with Crippen LogP contribution in [0.15, 0.2) is 24.3 Å². The third-order valence-electron chi connectivity index (χ3n) is 3.40. The minimum absolute atomic E-state index is 0.133. The highest BCUT2D eigenvalue weighted by atomic mass is 32.2. The number of carbonyl (C=O) groups is 2. The molecule has 2 rings (SSSR count). The molecule has 0 fully saturated rings. The lowest BCUT2D eigenvalue weighted by atomic mass is 10.1. The second-order valence-corrected chi connectivity index (χ2v) is 6.21. The summed E-state index contributed by atoms with van der Waals surface area (Å²) in [6.45, 7) is 2.74. The molecular formula is C16H21NO2S.